The van der Waals surface area contributed by atoms with Crippen LogP contribution in [0.3, 0.4) is 0 Å². The number of rotatable bonds is 3. The molecule has 0 bridgehead atoms. The van der Waals surface area contributed by atoms with Crippen LogP contribution in [0, 0.1) is 6.92 Å². The van der Waals surface area contributed by atoms with E-state index in [4.69, 9.17) is 0 Å². The van der Waals surface area contributed by atoms with E-state index < -0.39 is 11.9 Å². The number of esters is 1. The number of amides is 1. The smallest absolute Gasteiger partial charge is 0.397 e. The van der Waals surface area contributed by atoms with Crippen molar-refractivity contribution in [2.45, 2.75) is 6.92 Å². The van der Waals surface area contributed by atoms with Gasteiger partial charge in [-0.3, -0.25) is 9.69 Å². The van der Waals surface area contributed by atoms with E-state index in [1.54, 1.807) is 31.2 Å². The number of para-hydroxylation sites is 1. The summed E-state index contributed by atoms with van der Waals surface area (Å²) < 4.78 is 4.35. The molecule has 0 aliphatic carbocycles. The maximum atomic E-state index is 11.7. The summed E-state index contributed by atoms with van der Waals surface area (Å²) in [5.41, 5.74) is 1.32. The van der Waals surface area contributed by atoms with Crippen molar-refractivity contribution in [3.8, 4) is 0 Å². The van der Waals surface area contributed by atoms with Gasteiger partial charge >= 0.3 is 11.9 Å². The van der Waals surface area contributed by atoms with Crippen LogP contribution in [0.15, 0.2) is 24.3 Å². The molecule has 5 heteroatoms. The number of benzene rings is 1. The van der Waals surface area contributed by atoms with Crippen molar-refractivity contribution >= 4 is 23.9 Å². The Balaban J connectivity index is 3.09. The van der Waals surface area contributed by atoms with Crippen LogP contribution in [0.1, 0.15) is 5.56 Å². The molecule has 0 saturated heterocycles. The minimum atomic E-state index is -0.991. The number of ether oxygens (including phenoxy) is 1. The number of aryl methyl sites for hydroxylation is 1. The van der Waals surface area contributed by atoms with Gasteiger partial charge < -0.3 is 9.53 Å². The fourth-order valence-electron chi connectivity index (χ4n) is 1.43. The second-order valence-electron chi connectivity index (χ2n) is 3.36. The first kappa shape index (κ1) is 12.9. The van der Waals surface area contributed by atoms with Crippen molar-refractivity contribution in [1.82, 2.24) is 0 Å². The predicted molar refractivity (Wildman–Crippen MR) is 61.6 cm³/mol. The Labute approximate surface area is 99.0 Å². The lowest BCUT2D eigenvalue weighted by Gasteiger charge is -2.20. The molecule has 0 atom stereocenters. The van der Waals surface area contributed by atoms with Crippen LogP contribution in [0.5, 0.6) is 0 Å². The van der Waals surface area contributed by atoms with Crippen LogP contribution in [0.25, 0.3) is 0 Å². The Morgan fingerprint density at radius 1 is 1.35 bits per heavy atom. The molecule has 0 radical (unpaired) electrons. The van der Waals surface area contributed by atoms with Crippen LogP contribution < -0.4 is 4.90 Å². The normalized spacial score (nSPS) is 9.53. The third kappa shape index (κ3) is 2.90. The molecule has 1 rings (SSSR count). The van der Waals surface area contributed by atoms with Gasteiger partial charge in [0.25, 0.3) is 0 Å². The van der Waals surface area contributed by atoms with Gasteiger partial charge in [0.1, 0.15) is 6.29 Å². The summed E-state index contributed by atoms with van der Waals surface area (Å²) in [6.07, 6.45) is 0.563. The lowest BCUT2D eigenvalue weighted by Crippen LogP contribution is -2.39. The average Bonchev–Trinajstić information content (AvgIpc) is 2.35. The standard InChI is InChI=1S/C12H13NO4/c1-9-5-3-4-6-10(9)13(7-8-14)11(15)12(16)17-2/h3-6,8H,7H2,1-2H3. The van der Waals surface area contributed by atoms with Crippen LogP contribution in [0.2, 0.25) is 0 Å². The van der Waals surface area contributed by atoms with Crippen molar-refractivity contribution in [3.05, 3.63) is 29.8 Å². The molecule has 5 nitrogen and oxygen atoms in total. The number of hydrogen-bond acceptors (Lipinski definition) is 4. The molecule has 0 spiro atoms. The number of nitrogens with zero attached hydrogens (tertiary/aromatic N) is 1. The van der Waals surface area contributed by atoms with Crippen LogP contribution in [-0.2, 0) is 19.1 Å². The first-order chi connectivity index (χ1) is 8.11. The van der Waals surface area contributed by atoms with Gasteiger partial charge in [-0.15, -0.1) is 0 Å². The predicted octanol–water partition coefficient (Wildman–Crippen LogP) is 0.700. The quantitative estimate of drug-likeness (QED) is 0.439. The average molecular weight is 235 g/mol. The third-order valence-electron chi connectivity index (χ3n) is 2.27. The van der Waals surface area contributed by atoms with Gasteiger partial charge in [0.05, 0.1) is 13.7 Å². The highest BCUT2D eigenvalue weighted by Gasteiger charge is 2.24. The summed E-state index contributed by atoms with van der Waals surface area (Å²) in [7, 11) is 1.12. The summed E-state index contributed by atoms with van der Waals surface area (Å²) in [5.74, 6) is -1.84. The second-order valence-corrected chi connectivity index (χ2v) is 3.36. The molecule has 1 aromatic rings. The van der Waals surface area contributed by atoms with E-state index in [1.807, 2.05) is 0 Å². The Morgan fingerprint density at radius 2 is 2.00 bits per heavy atom. The first-order valence-electron chi connectivity index (χ1n) is 5.01. The molecule has 17 heavy (non-hydrogen) atoms. The van der Waals surface area contributed by atoms with Gasteiger partial charge in [0.15, 0.2) is 0 Å². The largest absolute Gasteiger partial charge is 0.462 e. The molecule has 1 amide bonds. The molecule has 0 heterocycles. The topological polar surface area (TPSA) is 63.7 Å². The van der Waals surface area contributed by atoms with Gasteiger partial charge in [0, 0.05) is 5.69 Å². The van der Waals surface area contributed by atoms with Gasteiger partial charge in [-0.25, -0.2) is 4.79 Å². The fraction of sp³-hybridized carbons (Fsp3) is 0.250. The SMILES string of the molecule is COC(=O)C(=O)N(CC=O)c1ccccc1C. The van der Waals surface area contributed by atoms with E-state index in [1.165, 1.54) is 0 Å². The first-order valence-corrected chi connectivity index (χ1v) is 5.01. The number of carbonyl (C=O) groups excluding carboxylic acids is 3. The highest BCUT2D eigenvalue weighted by atomic mass is 16.5. The summed E-state index contributed by atoms with van der Waals surface area (Å²) in [5, 5.41) is 0. The van der Waals surface area contributed by atoms with Gasteiger partial charge in [-0.1, -0.05) is 18.2 Å². The Morgan fingerprint density at radius 3 is 2.53 bits per heavy atom. The summed E-state index contributed by atoms with van der Waals surface area (Å²) >= 11 is 0. The zero-order valence-electron chi connectivity index (χ0n) is 9.67. The zero-order chi connectivity index (χ0) is 12.8. The molecule has 0 N–H and O–H groups in total. The van der Waals surface area contributed by atoms with E-state index in [-0.39, 0.29) is 6.54 Å². The van der Waals surface area contributed by atoms with Gasteiger partial charge in [-0.05, 0) is 18.6 Å². The molecular weight excluding hydrogens is 222 g/mol. The lowest BCUT2D eigenvalue weighted by atomic mass is 10.2. The van der Waals surface area contributed by atoms with E-state index >= 15 is 0 Å². The second kappa shape index (κ2) is 5.79. The molecule has 0 saturated carbocycles. The van der Waals surface area contributed by atoms with Crippen LogP contribution in [-0.4, -0.2) is 31.8 Å². The van der Waals surface area contributed by atoms with Crippen molar-refractivity contribution in [3.63, 3.8) is 0 Å². The lowest BCUT2D eigenvalue weighted by molar-refractivity contribution is -0.151. The summed E-state index contributed by atoms with van der Waals surface area (Å²) in [6, 6.07) is 6.99. The minimum absolute atomic E-state index is 0.182. The van der Waals surface area contributed by atoms with Crippen molar-refractivity contribution < 1.29 is 19.1 Å². The molecule has 0 aliphatic rings. The maximum Gasteiger partial charge on any atom is 0.397 e. The van der Waals surface area contributed by atoms with Crippen molar-refractivity contribution in [1.29, 1.82) is 0 Å². The van der Waals surface area contributed by atoms with Crippen LogP contribution in [0.4, 0.5) is 5.69 Å². The number of anilines is 1. The Hall–Kier alpha value is -2.17. The van der Waals surface area contributed by atoms with E-state index in [0.29, 0.717) is 12.0 Å². The number of methoxy groups -OCH3 is 1. The Kier molecular flexibility index (Phi) is 4.39. The van der Waals surface area contributed by atoms with Gasteiger partial charge in [0.2, 0.25) is 0 Å². The number of aldehydes is 1. The Bertz CT molecular complexity index is 442. The van der Waals surface area contributed by atoms with E-state index in [9.17, 15) is 14.4 Å². The minimum Gasteiger partial charge on any atom is -0.462 e. The molecule has 0 unspecified atom stereocenters. The third-order valence-corrected chi connectivity index (χ3v) is 2.27. The van der Waals surface area contributed by atoms with Gasteiger partial charge in [-0.2, -0.15) is 0 Å². The van der Waals surface area contributed by atoms with Crippen LogP contribution >= 0.6 is 0 Å². The van der Waals surface area contributed by atoms with Crippen molar-refractivity contribution in [2.75, 3.05) is 18.6 Å². The maximum absolute atomic E-state index is 11.7. The molecule has 90 valence electrons. The summed E-state index contributed by atoms with van der Waals surface area (Å²) in [4.78, 5) is 34.6. The van der Waals surface area contributed by atoms with E-state index in [2.05, 4.69) is 4.74 Å². The molecule has 0 aromatic heterocycles. The number of hydrogen-bond donors (Lipinski definition) is 0. The fourth-order valence-corrected chi connectivity index (χ4v) is 1.43. The van der Waals surface area contributed by atoms with Crippen molar-refractivity contribution in [2.24, 2.45) is 0 Å². The molecule has 0 fully saturated rings. The highest BCUT2D eigenvalue weighted by molar-refractivity contribution is 6.38. The van der Waals surface area contributed by atoms with E-state index in [0.717, 1.165) is 17.6 Å². The summed E-state index contributed by atoms with van der Waals surface area (Å²) in [6.45, 7) is 1.61. The number of carbonyl (C=O) groups is 3. The highest BCUT2D eigenvalue weighted by Crippen LogP contribution is 2.19. The molecule has 1 aromatic carbocycles. The molecular formula is C12H13NO4. The molecule has 0 aliphatic heterocycles. The zero-order valence-corrected chi connectivity index (χ0v) is 9.67. The monoisotopic (exact) mass is 235 g/mol.